The zero-order valence-corrected chi connectivity index (χ0v) is 14.1. The van der Waals surface area contributed by atoms with Crippen molar-refractivity contribution < 1.29 is 18.1 Å². The zero-order valence-electron chi connectivity index (χ0n) is 11.6. The molecule has 0 aliphatic carbocycles. The lowest BCUT2D eigenvalue weighted by Crippen LogP contribution is -2.39. The maximum absolute atomic E-state index is 13.0. The van der Waals surface area contributed by atoms with E-state index in [-0.39, 0.29) is 12.2 Å². The highest BCUT2D eigenvalue weighted by Gasteiger charge is 2.42. The highest BCUT2D eigenvalue weighted by molar-refractivity contribution is 7.62. The Hall–Kier alpha value is -0.330. The Kier molecular flexibility index (Phi) is 4.42. The van der Waals surface area contributed by atoms with E-state index >= 15 is 0 Å². The number of aromatic nitrogens is 2. The fraction of sp³-hybridized carbons (Fsp3) is 0.636. The first-order chi connectivity index (χ1) is 8.82. The Labute approximate surface area is 120 Å². The molecule has 0 fully saturated rings. The van der Waals surface area contributed by atoms with Gasteiger partial charge in [-0.3, -0.25) is 9.05 Å². The summed E-state index contributed by atoms with van der Waals surface area (Å²) >= 11 is 3.07. The average Bonchev–Trinajstić information content (AvgIpc) is 2.72. The second kappa shape index (κ2) is 5.58. The molecule has 0 aliphatic heterocycles. The van der Waals surface area contributed by atoms with Crippen molar-refractivity contribution in [2.24, 2.45) is 0 Å². The number of hydrogen-bond donors (Lipinski definition) is 0. The summed E-state index contributed by atoms with van der Waals surface area (Å²) in [5.74, 6) is 0. The Morgan fingerprint density at radius 2 is 1.84 bits per heavy atom. The quantitative estimate of drug-likeness (QED) is 0.627. The van der Waals surface area contributed by atoms with E-state index in [0.29, 0.717) is 5.44 Å². The van der Waals surface area contributed by atoms with E-state index in [0.717, 1.165) is 9.15 Å². The standard InChI is InChI=1S/C11H18N2O3PS2/c1-7(2)15-17(14,16-8(3)4)10-6-18-11-13(10)12-9(5)19-11/h6-8H,1-5H3/q+1. The van der Waals surface area contributed by atoms with Crippen molar-refractivity contribution >= 4 is 39.8 Å². The van der Waals surface area contributed by atoms with Gasteiger partial charge in [-0.2, -0.15) is 0 Å². The number of nitrogens with zero attached hydrogens (tertiary/aromatic N) is 2. The Bertz CT molecular complexity index is 607. The van der Waals surface area contributed by atoms with Crippen molar-refractivity contribution in [2.45, 2.75) is 46.8 Å². The van der Waals surface area contributed by atoms with Crippen molar-refractivity contribution in [3.05, 3.63) is 10.4 Å². The van der Waals surface area contributed by atoms with E-state index in [2.05, 4.69) is 5.10 Å². The number of hydrogen-bond acceptors (Lipinski definition) is 6. The van der Waals surface area contributed by atoms with Crippen molar-refractivity contribution in [1.29, 1.82) is 0 Å². The first-order valence-corrected chi connectivity index (χ1v) is 9.30. The molecule has 2 rings (SSSR count). The molecule has 19 heavy (non-hydrogen) atoms. The molecule has 2 aromatic heterocycles. The van der Waals surface area contributed by atoms with Crippen LogP contribution in [-0.2, 0) is 13.6 Å². The summed E-state index contributed by atoms with van der Waals surface area (Å²) in [5, 5.41) is 7.10. The molecule has 8 heteroatoms. The number of thiazole rings is 1. The molecule has 0 unspecified atom stereocenters. The van der Waals surface area contributed by atoms with Crippen LogP contribution in [0.25, 0.3) is 4.14 Å². The first kappa shape index (κ1) is 15.1. The molecule has 106 valence electrons. The molecular weight excluding hydrogens is 303 g/mol. The van der Waals surface area contributed by atoms with Crippen molar-refractivity contribution in [2.75, 3.05) is 0 Å². The van der Waals surface area contributed by atoms with Crippen LogP contribution in [0.15, 0.2) is 5.38 Å². The van der Waals surface area contributed by atoms with Gasteiger partial charge in [-0.1, -0.05) is 11.3 Å². The molecule has 0 aromatic carbocycles. The molecule has 0 N–H and O–H groups in total. The lowest BCUT2D eigenvalue weighted by molar-refractivity contribution is -0.554. The van der Waals surface area contributed by atoms with Gasteiger partial charge in [-0.05, 0) is 50.5 Å². The van der Waals surface area contributed by atoms with Gasteiger partial charge in [0.25, 0.3) is 0 Å². The molecule has 0 bridgehead atoms. The van der Waals surface area contributed by atoms with Gasteiger partial charge >= 0.3 is 17.2 Å². The molecule has 2 heterocycles. The maximum atomic E-state index is 13.0. The summed E-state index contributed by atoms with van der Waals surface area (Å²) < 4.78 is 26.9. The number of fused-ring (bicyclic) bond motifs is 1. The summed E-state index contributed by atoms with van der Waals surface area (Å²) in [6.07, 6.45) is -0.361. The predicted molar refractivity (Wildman–Crippen MR) is 77.6 cm³/mol. The molecule has 5 nitrogen and oxygen atoms in total. The van der Waals surface area contributed by atoms with Crippen LogP contribution in [0.4, 0.5) is 0 Å². The van der Waals surface area contributed by atoms with E-state index in [1.54, 1.807) is 15.9 Å². The number of aryl methyl sites for hydroxylation is 1. The van der Waals surface area contributed by atoms with Gasteiger partial charge in [-0.15, -0.1) is 0 Å². The van der Waals surface area contributed by atoms with Crippen LogP contribution in [0, 0.1) is 6.92 Å². The summed E-state index contributed by atoms with van der Waals surface area (Å²) in [7, 11) is -3.35. The number of rotatable bonds is 5. The van der Waals surface area contributed by atoms with Gasteiger partial charge < -0.3 is 0 Å². The molecule has 0 amide bonds. The third-order valence-electron chi connectivity index (χ3n) is 2.11. The predicted octanol–water partition coefficient (Wildman–Crippen LogP) is 2.92. The van der Waals surface area contributed by atoms with Gasteiger partial charge in [0, 0.05) is 5.10 Å². The minimum Gasteiger partial charge on any atom is -0.298 e. The third-order valence-corrected chi connectivity index (χ3v) is 6.54. The van der Waals surface area contributed by atoms with Gasteiger partial charge in [-0.25, -0.2) is 4.57 Å². The normalized spacial score (nSPS) is 13.0. The van der Waals surface area contributed by atoms with Gasteiger partial charge in [0.2, 0.25) is 0 Å². The largest absolute Gasteiger partial charge is 0.429 e. The molecule has 0 atom stereocenters. The summed E-state index contributed by atoms with van der Waals surface area (Å²) in [4.78, 5) is 0. The van der Waals surface area contributed by atoms with E-state index in [9.17, 15) is 4.57 Å². The van der Waals surface area contributed by atoms with Crippen molar-refractivity contribution in [3.63, 3.8) is 0 Å². The van der Waals surface area contributed by atoms with Crippen LogP contribution < -0.4 is 9.95 Å². The second-order valence-electron chi connectivity index (χ2n) is 4.70. The van der Waals surface area contributed by atoms with Crippen LogP contribution >= 0.6 is 30.3 Å². The smallest absolute Gasteiger partial charge is 0.298 e. The summed E-state index contributed by atoms with van der Waals surface area (Å²) in [6, 6.07) is 0. The van der Waals surface area contributed by atoms with Gasteiger partial charge in [0.1, 0.15) is 0 Å². The minimum atomic E-state index is -3.35. The highest BCUT2D eigenvalue weighted by Crippen LogP contribution is 2.49. The Balaban J connectivity index is 2.50. The van der Waals surface area contributed by atoms with Crippen molar-refractivity contribution in [3.8, 4) is 0 Å². The highest BCUT2D eigenvalue weighted by atomic mass is 32.2. The second-order valence-corrected chi connectivity index (χ2v) is 8.87. The van der Waals surface area contributed by atoms with Crippen molar-refractivity contribution in [1.82, 2.24) is 5.10 Å². The summed E-state index contributed by atoms with van der Waals surface area (Å²) in [6.45, 7) is 9.30. The van der Waals surface area contributed by atoms with Crippen LogP contribution in [0.5, 0.6) is 0 Å². The Morgan fingerprint density at radius 3 is 2.37 bits per heavy atom. The first-order valence-electron chi connectivity index (χ1n) is 6.06. The molecule has 2 aromatic rings. The monoisotopic (exact) mass is 321 g/mol. The van der Waals surface area contributed by atoms with E-state index in [4.69, 9.17) is 9.05 Å². The van der Waals surface area contributed by atoms with Crippen LogP contribution in [0.2, 0.25) is 0 Å². The third kappa shape index (κ3) is 3.23. The van der Waals surface area contributed by atoms with E-state index in [1.807, 2.05) is 40.0 Å². The van der Waals surface area contributed by atoms with Crippen LogP contribution in [0.3, 0.4) is 0 Å². The van der Waals surface area contributed by atoms with Gasteiger partial charge in [0.15, 0.2) is 5.01 Å². The topological polar surface area (TPSA) is 52.5 Å². The molecular formula is C11H18N2O3PS2+. The fourth-order valence-corrected chi connectivity index (χ4v) is 6.02. The zero-order chi connectivity index (χ0) is 14.2. The molecule has 0 saturated heterocycles. The molecule has 0 saturated carbocycles. The lowest BCUT2D eigenvalue weighted by atomic mass is 10.5. The maximum Gasteiger partial charge on any atom is 0.429 e. The van der Waals surface area contributed by atoms with E-state index in [1.165, 1.54) is 11.3 Å². The van der Waals surface area contributed by atoms with Gasteiger partial charge in [0.05, 0.1) is 17.6 Å². The minimum absolute atomic E-state index is 0.181. The summed E-state index contributed by atoms with van der Waals surface area (Å²) in [5.41, 5.74) is 0.513. The average molecular weight is 321 g/mol. The van der Waals surface area contributed by atoms with Crippen LogP contribution in [-0.4, -0.2) is 17.3 Å². The Morgan fingerprint density at radius 1 is 1.26 bits per heavy atom. The molecule has 0 aliphatic rings. The lowest BCUT2D eigenvalue weighted by Gasteiger charge is -2.18. The molecule has 0 radical (unpaired) electrons. The van der Waals surface area contributed by atoms with Crippen LogP contribution in [0.1, 0.15) is 32.7 Å². The van der Waals surface area contributed by atoms with E-state index < -0.39 is 7.60 Å². The molecule has 0 spiro atoms. The fourth-order valence-electron chi connectivity index (χ4n) is 1.61. The SMILES string of the molecule is Cc1n[n+]2c(P(=O)(OC(C)C)OC(C)C)csc2s1.